The van der Waals surface area contributed by atoms with Crippen LogP contribution in [-0.4, -0.2) is 20.9 Å². The Labute approximate surface area is 116 Å². The van der Waals surface area contributed by atoms with Crippen molar-refractivity contribution in [1.82, 2.24) is 9.78 Å². The average Bonchev–Trinajstić information content (AvgIpc) is 2.35. The van der Waals surface area contributed by atoms with E-state index in [-0.39, 0.29) is 17.5 Å². The van der Waals surface area contributed by atoms with Gasteiger partial charge in [0.25, 0.3) is 0 Å². The van der Waals surface area contributed by atoms with Crippen molar-refractivity contribution in [3.8, 4) is 5.69 Å². The van der Waals surface area contributed by atoms with Gasteiger partial charge in [0.1, 0.15) is 5.69 Å². The van der Waals surface area contributed by atoms with Gasteiger partial charge in [-0.25, -0.2) is 4.68 Å². The predicted octanol–water partition coefficient (Wildman–Crippen LogP) is 1.78. The number of hydrogen-bond donors (Lipinski definition) is 1. The second kappa shape index (κ2) is 5.28. The maximum atomic E-state index is 11.8. The summed E-state index contributed by atoms with van der Waals surface area (Å²) in [6.45, 7) is 5.70. The molecule has 0 aliphatic rings. The highest BCUT2D eigenvalue weighted by Crippen LogP contribution is 2.16. The van der Waals surface area contributed by atoms with Crippen molar-refractivity contribution in [3.63, 3.8) is 0 Å². The van der Waals surface area contributed by atoms with Crippen molar-refractivity contribution in [2.75, 3.05) is 0 Å². The zero-order valence-electron chi connectivity index (χ0n) is 11.7. The van der Waals surface area contributed by atoms with Crippen molar-refractivity contribution in [1.29, 1.82) is 0 Å². The third-order valence-corrected chi connectivity index (χ3v) is 3.09. The van der Waals surface area contributed by atoms with E-state index in [1.54, 1.807) is 11.6 Å². The Balaban J connectivity index is 2.64. The van der Waals surface area contributed by atoms with Gasteiger partial charge in [-0.1, -0.05) is 12.1 Å². The van der Waals surface area contributed by atoms with Gasteiger partial charge in [-0.2, -0.15) is 5.10 Å². The normalized spacial score (nSPS) is 10.6. The number of carboxylic acids is 1. The van der Waals surface area contributed by atoms with E-state index in [1.807, 2.05) is 32.0 Å². The van der Waals surface area contributed by atoms with Gasteiger partial charge in [0.2, 0.25) is 5.43 Å². The van der Waals surface area contributed by atoms with Crippen molar-refractivity contribution in [2.24, 2.45) is 0 Å². The number of hydrogen-bond acceptors (Lipinski definition) is 3. The molecular formula is C15H16N2O3. The topological polar surface area (TPSA) is 72.2 Å². The lowest BCUT2D eigenvalue weighted by Gasteiger charge is -2.13. The zero-order chi connectivity index (χ0) is 14.9. The van der Waals surface area contributed by atoms with Crippen LogP contribution in [0.2, 0.25) is 0 Å². The van der Waals surface area contributed by atoms with Crippen molar-refractivity contribution in [3.05, 3.63) is 57.0 Å². The minimum atomic E-state index is -1.06. The molecule has 0 amide bonds. The van der Waals surface area contributed by atoms with E-state index in [4.69, 9.17) is 5.11 Å². The maximum absolute atomic E-state index is 11.8. The fourth-order valence-electron chi connectivity index (χ4n) is 2.04. The first-order valence-corrected chi connectivity index (χ1v) is 6.28. The number of aromatic nitrogens is 2. The van der Waals surface area contributed by atoms with Crippen LogP contribution >= 0.6 is 0 Å². The van der Waals surface area contributed by atoms with E-state index in [2.05, 4.69) is 5.10 Å². The zero-order valence-corrected chi connectivity index (χ0v) is 11.7. The third kappa shape index (κ3) is 2.77. The summed E-state index contributed by atoms with van der Waals surface area (Å²) in [6.07, 6.45) is -0.371. The molecule has 0 radical (unpaired) electrons. The molecule has 1 aromatic carbocycles. The van der Waals surface area contributed by atoms with E-state index in [1.165, 1.54) is 6.07 Å². The second-order valence-corrected chi connectivity index (χ2v) is 4.87. The highest BCUT2D eigenvalue weighted by Gasteiger charge is 2.12. The summed E-state index contributed by atoms with van der Waals surface area (Å²) in [6, 6.07) is 7.35. The van der Waals surface area contributed by atoms with Gasteiger partial charge in [0, 0.05) is 11.8 Å². The average molecular weight is 272 g/mol. The molecule has 0 fully saturated rings. The molecule has 104 valence electrons. The number of aliphatic carboxylic acids is 1. The second-order valence-electron chi connectivity index (χ2n) is 4.87. The molecule has 5 nitrogen and oxygen atoms in total. The van der Waals surface area contributed by atoms with Crippen LogP contribution in [-0.2, 0) is 11.2 Å². The number of aryl methyl sites for hydroxylation is 3. The van der Waals surface area contributed by atoms with E-state index in [9.17, 15) is 9.59 Å². The van der Waals surface area contributed by atoms with Crippen LogP contribution in [0.5, 0.6) is 0 Å². The molecule has 5 heteroatoms. The molecule has 2 rings (SSSR count). The van der Waals surface area contributed by atoms with Gasteiger partial charge in [-0.15, -0.1) is 0 Å². The standard InChI is InChI=1S/C15H16N2O3/c1-9-4-5-10(2)13(6-9)17-11(3)7-14(18)12(16-17)8-15(19)20/h4-7H,8H2,1-3H3,(H,19,20). The van der Waals surface area contributed by atoms with Crippen LogP contribution in [0.1, 0.15) is 22.5 Å². The van der Waals surface area contributed by atoms with E-state index >= 15 is 0 Å². The van der Waals surface area contributed by atoms with Gasteiger partial charge in [-0.3, -0.25) is 9.59 Å². The Morgan fingerprint density at radius 2 is 1.95 bits per heavy atom. The summed E-state index contributed by atoms with van der Waals surface area (Å²) < 4.78 is 1.63. The molecule has 1 aromatic heterocycles. The quantitative estimate of drug-likeness (QED) is 0.924. The van der Waals surface area contributed by atoms with Gasteiger partial charge in [-0.05, 0) is 38.0 Å². The van der Waals surface area contributed by atoms with Crippen LogP contribution in [0, 0.1) is 20.8 Å². The van der Waals surface area contributed by atoms with E-state index in [0.717, 1.165) is 16.8 Å². The SMILES string of the molecule is Cc1ccc(C)c(-n2nc(CC(=O)O)c(=O)cc2C)c1. The number of rotatable bonds is 3. The summed E-state index contributed by atoms with van der Waals surface area (Å²) in [5, 5.41) is 13.0. The molecule has 0 saturated heterocycles. The summed E-state index contributed by atoms with van der Waals surface area (Å²) >= 11 is 0. The molecule has 0 aliphatic carbocycles. The summed E-state index contributed by atoms with van der Waals surface area (Å²) in [5.74, 6) is -1.06. The number of carbonyl (C=O) groups is 1. The minimum absolute atomic E-state index is 0.0454. The minimum Gasteiger partial charge on any atom is -0.481 e. The van der Waals surface area contributed by atoms with Crippen LogP contribution in [0.4, 0.5) is 0 Å². The summed E-state index contributed by atoms with van der Waals surface area (Å²) in [4.78, 5) is 22.6. The molecule has 20 heavy (non-hydrogen) atoms. The molecular weight excluding hydrogens is 256 g/mol. The monoisotopic (exact) mass is 272 g/mol. The molecule has 2 aromatic rings. The first kappa shape index (κ1) is 14.0. The summed E-state index contributed by atoms with van der Waals surface area (Å²) in [7, 11) is 0. The highest BCUT2D eigenvalue weighted by atomic mass is 16.4. The Bertz CT molecular complexity index is 732. The van der Waals surface area contributed by atoms with Crippen molar-refractivity contribution in [2.45, 2.75) is 27.2 Å². The van der Waals surface area contributed by atoms with Crippen LogP contribution in [0.25, 0.3) is 5.69 Å². The fraction of sp³-hybridized carbons (Fsp3) is 0.267. The summed E-state index contributed by atoms with van der Waals surface area (Å²) in [5.41, 5.74) is 3.32. The first-order valence-electron chi connectivity index (χ1n) is 6.28. The number of carboxylic acid groups (broad SMARTS) is 1. The number of benzene rings is 1. The Hall–Kier alpha value is -2.43. The van der Waals surface area contributed by atoms with Gasteiger partial charge in [0.15, 0.2) is 0 Å². The van der Waals surface area contributed by atoms with Gasteiger partial charge >= 0.3 is 5.97 Å². The Kier molecular flexibility index (Phi) is 3.70. The fourth-order valence-corrected chi connectivity index (χ4v) is 2.04. The van der Waals surface area contributed by atoms with Crippen molar-refractivity contribution < 1.29 is 9.90 Å². The molecule has 0 aliphatic heterocycles. The smallest absolute Gasteiger partial charge is 0.309 e. The first-order chi connectivity index (χ1) is 9.38. The Morgan fingerprint density at radius 3 is 2.60 bits per heavy atom. The molecule has 0 atom stereocenters. The van der Waals surface area contributed by atoms with E-state index < -0.39 is 5.97 Å². The Morgan fingerprint density at radius 1 is 1.25 bits per heavy atom. The van der Waals surface area contributed by atoms with E-state index in [0.29, 0.717) is 5.69 Å². The van der Waals surface area contributed by atoms with Gasteiger partial charge in [0.05, 0.1) is 12.1 Å². The molecule has 0 spiro atoms. The van der Waals surface area contributed by atoms with Gasteiger partial charge < -0.3 is 5.11 Å². The maximum Gasteiger partial charge on any atom is 0.309 e. The lowest BCUT2D eigenvalue weighted by molar-refractivity contribution is -0.136. The number of nitrogens with zero attached hydrogens (tertiary/aromatic N) is 2. The van der Waals surface area contributed by atoms with Crippen LogP contribution in [0.15, 0.2) is 29.1 Å². The van der Waals surface area contributed by atoms with Crippen LogP contribution < -0.4 is 5.43 Å². The largest absolute Gasteiger partial charge is 0.481 e. The van der Waals surface area contributed by atoms with Crippen LogP contribution in [0.3, 0.4) is 0 Å². The lowest BCUT2D eigenvalue weighted by Crippen LogP contribution is -2.21. The van der Waals surface area contributed by atoms with Crippen molar-refractivity contribution >= 4 is 5.97 Å². The molecule has 0 saturated carbocycles. The molecule has 1 heterocycles. The molecule has 0 bridgehead atoms. The predicted molar refractivity (Wildman–Crippen MR) is 75.4 cm³/mol. The molecule has 0 unspecified atom stereocenters. The molecule has 1 N–H and O–H groups in total. The highest BCUT2D eigenvalue weighted by molar-refractivity contribution is 5.69. The third-order valence-electron chi connectivity index (χ3n) is 3.09. The lowest BCUT2D eigenvalue weighted by atomic mass is 10.1.